The highest BCUT2D eigenvalue weighted by atomic mass is 16.5. The Morgan fingerprint density at radius 3 is 2.61 bits per heavy atom. The lowest BCUT2D eigenvalue weighted by molar-refractivity contribution is -0.126. The van der Waals surface area contributed by atoms with Gasteiger partial charge in [0.1, 0.15) is 11.6 Å². The van der Waals surface area contributed by atoms with Gasteiger partial charge in [0, 0.05) is 19.2 Å². The summed E-state index contributed by atoms with van der Waals surface area (Å²) in [4.78, 5) is 19.1. The zero-order valence-corrected chi connectivity index (χ0v) is 19.3. The molecule has 0 spiro atoms. The van der Waals surface area contributed by atoms with Gasteiger partial charge in [0.05, 0.1) is 24.2 Å². The SMILES string of the molecule is COc1ccc2c(c1)nc(NCCCCNC(=O)C(C(C)C)N(C)C)c1nnc(C)n12. The molecule has 0 aliphatic heterocycles. The smallest absolute Gasteiger partial charge is 0.237 e. The van der Waals surface area contributed by atoms with Crippen LogP contribution in [0.4, 0.5) is 5.82 Å². The standard InChI is InChI=1S/C22H33N7O2/c1-14(2)19(28(4)5)22(30)24-12-8-7-11-23-20-21-27-26-15(3)29(21)18-10-9-16(31-6)13-17(18)25-20/h9-10,13-14,19H,7-8,11-12H2,1-6H3,(H,23,25)(H,24,30). The first-order valence-corrected chi connectivity index (χ1v) is 10.7. The topological polar surface area (TPSA) is 96.7 Å². The normalized spacial score (nSPS) is 12.6. The van der Waals surface area contributed by atoms with E-state index in [1.807, 2.05) is 48.5 Å². The van der Waals surface area contributed by atoms with Crippen molar-refractivity contribution in [1.29, 1.82) is 0 Å². The number of amides is 1. The van der Waals surface area contributed by atoms with Crippen molar-refractivity contribution < 1.29 is 9.53 Å². The highest BCUT2D eigenvalue weighted by Crippen LogP contribution is 2.25. The van der Waals surface area contributed by atoms with E-state index in [0.717, 1.165) is 42.0 Å². The number of fused-ring (bicyclic) bond motifs is 3. The predicted octanol–water partition coefficient (Wildman–Crippen LogP) is 2.49. The average molecular weight is 428 g/mol. The molecular formula is C22H33N7O2. The van der Waals surface area contributed by atoms with Crippen molar-refractivity contribution in [2.45, 2.75) is 39.7 Å². The molecule has 3 rings (SSSR count). The van der Waals surface area contributed by atoms with E-state index in [1.165, 1.54) is 0 Å². The van der Waals surface area contributed by atoms with Crippen LogP contribution in [0.1, 0.15) is 32.5 Å². The van der Waals surface area contributed by atoms with Crippen LogP contribution in [-0.4, -0.2) is 70.7 Å². The average Bonchev–Trinajstić information content (AvgIpc) is 3.11. The monoisotopic (exact) mass is 427 g/mol. The van der Waals surface area contributed by atoms with Gasteiger partial charge in [-0.2, -0.15) is 0 Å². The fourth-order valence-corrected chi connectivity index (χ4v) is 3.91. The largest absolute Gasteiger partial charge is 0.497 e. The van der Waals surface area contributed by atoms with Gasteiger partial charge in [-0.25, -0.2) is 4.98 Å². The quantitative estimate of drug-likeness (QED) is 0.480. The molecule has 9 nitrogen and oxygen atoms in total. The van der Waals surface area contributed by atoms with Gasteiger partial charge in [0.2, 0.25) is 11.6 Å². The summed E-state index contributed by atoms with van der Waals surface area (Å²) in [5, 5.41) is 14.9. The first kappa shape index (κ1) is 22.7. The van der Waals surface area contributed by atoms with E-state index in [4.69, 9.17) is 9.72 Å². The van der Waals surface area contributed by atoms with E-state index in [9.17, 15) is 4.79 Å². The van der Waals surface area contributed by atoms with Crippen molar-refractivity contribution in [3.63, 3.8) is 0 Å². The number of aromatic nitrogens is 4. The van der Waals surface area contributed by atoms with Crippen LogP contribution in [0.25, 0.3) is 16.7 Å². The molecule has 31 heavy (non-hydrogen) atoms. The molecule has 0 fully saturated rings. The van der Waals surface area contributed by atoms with Gasteiger partial charge in [-0.3, -0.25) is 14.1 Å². The second kappa shape index (κ2) is 9.91. The number of carbonyl (C=O) groups is 1. The Morgan fingerprint density at radius 1 is 1.19 bits per heavy atom. The number of benzene rings is 1. The van der Waals surface area contributed by atoms with Gasteiger partial charge in [-0.05, 0) is 51.9 Å². The molecule has 0 aliphatic carbocycles. The van der Waals surface area contributed by atoms with Crippen LogP contribution in [0.5, 0.6) is 5.75 Å². The Hall–Kier alpha value is -2.94. The van der Waals surface area contributed by atoms with Gasteiger partial charge < -0.3 is 15.4 Å². The van der Waals surface area contributed by atoms with E-state index >= 15 is 0 Å². The first-order valence-electron chi connectivity index (χ1n) is 10.7. The first-order chi connectivity index (χ1) is 14.8. The number of nitrogens with zero attached hydrogens (tertiary/aromatic N) is 5. The zero-order valence-electron chi connectivity index (χ0n) is 19.3. The highest BCUT2D eigenvalue weighted by molar-refractivity contribution is 5.84. The number of aryl methyl sites for hydroxylation is 1. The van der Waals surface area contributed by atoms with Crippen LogP contribution >= 0.6 is 0 Å². The summed E-state index contributed by atoms with van der Waals surface area (Å²) < 4.78 is 7.34. The third-order valence-electron chi connectivity index (χ3n) is 5.34. The van der Waals surface area contributed by atoms with Gasteiger partial charge in [0.25, 0.3) is 0 Å². The van der Waals surface area contributed by atoms with Crippen molar-refractivity contribution in [2.75, 3.05) is 39.6 Å². The van der Waals surface area contributed by atoms with Crippen LogP contribution in [0, 0.1) is 12.8 Å². The van der Waals surface area contributed by atoms with E-state index in [-0.39, 0.29) is 17.9 Å². The van der Waals surface area contributed by atoms with E-state index in [0.29, 0.717) is 18.0 Å². The lowest BCUT2D eigenvalue weighted by Crippen LogP contribution is -2.46. The number of anilines is 1. The molecule has 1 aromatic carbocycles. The van der Waals surface area contributed by atoms with E-state index in [1.54, 1.807) is 7.11 Å². The molecule has 2 aromatic heterocycles. The fraction of sp³-hybridized carbons (Fsp3) is 0.545. The summed E-state index contributed by atoms with van der Waals surface area (Å²) in [6.45, 7) is 7.43. The van der Waals surface area contributed by atoms with Crippen LogP contribution in [-0.2, 0) is 4.79 Å². The number of ether oxygens (including phenoxy) is 1. The Morgan fingerprint density at radius 2 is 1.94 bits per heavy atom. The Balaban J connectivity index is 1.60. The number of hydrogen-bond donors (Lipinski definition) is 2. The fourth-order valence-electron chi connectivity index (χ4n) is 3.91. The maximum absolute atomic E-state index is 12.4. The van der Waals surface area contributed by atoms with Crippen molar-refractivity contribution in [3.05, 3.63) is 24.0 Å². The third-order valence-corrected chi connectivity index (χ3v) is 5.34. The summed E-state index contributed by atoms with van der Waals surface area (Å²) in [6.07, 6.45) is 1.77. The van der Waals surface area contributed by atoms with Crippen molar-refractivity contribution >= 4 is 28.4 Å². The predicted molar refractivity (Wildman–Crippen MR) is 123 cm³/mol. The molecule has 3 aromatic rings. The van der Waals surface area contributed by atoms with E-state index in [2.05, 4.69) is 34.7 Å². The minimum atomic E-state index is -0.110. The Kier molecular flexibility index (Phi) is 7.27. The molecule has 9 heteroatoms. The molecule has 0 aliphatic rings. The lowest BCUT2D eigenvalue weighted by atomic mass is 10.0. The molecule has 1 unspecified atom stereocenters. The number of rotatable bonds is 10. The Bertz CT molecular complexity index is 1040. The second-order valence-corrected chi connectivity index (χ2v) is 8.30. The number of methoxy groups -OCH3 is 1. The number of hydrogen-bond acceptors (Lipinski definition) is 7. The number of nitrogens with one attached hydrogen (secondary N) is 2. The van der Waals surface area contributed by atoms with Gasteiger partial charge in [-0.1, -0.05) is 13.8 Å². The zero-order chi connectivity index (χ0) is 22.5. The molecule has 0 bridgehead atoms. The number of likely N-dealkylation sites (N-methyl/N-ethyl adjacent to an activating group) is 1. The number of carbonyl (C=O) groups excluding carboxylic acids is 1. The maximum atomic E-state index is 12.4. The molecule has 2 N–H and O–H groups in total. The van der Waals surface area contributed by atoms with E-state index < -0.39 is 0 Å². The highest BCUT2D eigenvalue weighted by Gasteiger charge is 2.23. The molecule has 0 radical (unpaired) electrons. The van der Waals surface area contributed by atoms with Gasteiger partial charge in [-0.15, -0.1) is 10.2 Å². The maximum Gasteiger partial charge on any atom is 0.237 e. The minimum absolute atomic E-state index is 0.0822. The van der Waals surface area contributed by atoms with Crippen LogP contribution in [0.15, 0.2) is 18.2 Å². The van der Waals surface area contributed by atoms with Crippen LogP contribution in [0.3, 0.4) is 0 Å². The molecule has 1 atom stereocenters. The molecule has 168 valence electrons. The molecular weight excluding hydrogens is 394 g/mol. The van der Waals surface area contributed by atoms with Crippen molar-refractivity contribution in [2.24, 2.45) is 5.92 Å². The van der Waals surface area contributed by atoms with Gasteiger partial charge >= 0.3 is 0 Å². The third kappa shape index (κ3) is 5.04. The number of unbranched alkanes of at least 4 members (excludes halogenated alkanes) is 1. The van der Waals surface area contributed by atoms with Crippen molar-refractivity contribution in [1.82, 2.24) is 29.8 Å². The Labute approximate surface area is 183 Å². The molecule has 1 amide bonds. The summed E-state index contributed by atoms with van der Waals surface area (Å²) >= 11 is 0. The summed E-state index contributed by atoms with van der Waals surface area (Å²) in [5.74, 6) is 2.60. The molecule has 0 saturated carbocycles. The van der Waals surface area contributed by atoms with Crippen LogP contribution < -0.4 is 15.4 Å². The molecule has 0 saturated heterocycles. The second-order valence-electron chi connectivity index (χ2n) is 8.30. The lowest BCUT2D eigenvalue weighted by Gasteiger charge is -2.26. The van der Waals surface area contributed by atoms with Crippen molar-refractivity contribution in [3.8, 4) is 5.75 Å². The summed E-state index contributed by atoms with van der Waals surface area (Å²) in [7, 11) is 5.52. The summed E-state index contributed by atoms with van der Waals surface area (Å²) in [5.41, 5.74) is 2.45. The summed E-state index contributed by atoms with van der Waals surface area (Å²) in [6, 6.07) is 5.67. The van der Waals surface area contributed by atoms with Gasteiger partial charge in [0.15, 0.2) is 5.82 Å². The minimum Gasteiger partial charge on any atom is -0.497 e. The van der Waals surface area contributed by atoms with Crippen LogP contribution in [0.2, 0.25) is 0 Å². The molecule has 2 heterocycles.